The predicted molar refractivity (Wildman–Crippen MR) is 76.5 cm³/mol. The third-order valence-electron chi connectivity index (χ3n) is 2.48. The molecule has 104 valence electrons. The van der Waals surface area contributed by atoms with E-state index in [1.807, 2.05) is 31.2 Å². The molecular formula is C14H15N3O2S. The molecule has 1 aromatic carbocycles. The molecule has 0 aliphatic carbocycles. The number of rotatable bonds is 7. The van der Waals surface area contributed by atoms with Gasteiger partial charge >= 0.3 is 0 Å². The standard InChI is InChI=1S/C14H15N3O2S/c1-2-18-12-8-4-3-7-11(12)13-16-17-14(19-13)20-10-6-5-9-15/h3-4,7-8H,2,5-6,10H2,1H3. The summed E-state index contributed by atoms with van der Waals surface area (Å²) in [7, 11) is 0. The SMILES string of the molecule is CCOc1ccccc1-c1nnc(SCCCC#N)o1. The van der Waals surface area contributed by atoms with Gasteiger partial charge in [0.05, 0.1) is 18.2 Å². The lowest BCUT2D eigenvalue weighted by molar-refractivity contribution is 0.340. The minimum Gasteiger partial charge on any atom is -0.493 e. The van der Waals surface area contributed by atoms with Crippen molar-refractivity contribution in [2.75, 3.05) is 12.4 Å². The summed E-state index contributed by atoms with van der Waals surface area (Å²) in [6, 6.07) is 9.69. The fraction of sp³-hybridized carbons (Fsp3) is 0.357. The average molecular weight is 289 g/mol. The Morgan fingerprint density at radius 2 is 2.20 bits per heavy atom. The van der Waals surface area contributed by atoms with Gasteiger partial charge in [-0.3, -0.25) is 0 Å². The molecule has 5 nitrogen and oxygen atoms in total. The predicted octanol–water partition coefficient (Wildman–Crippen LogP) is 3.53. The van der Waals surface area contributed by atoms with E-state index in [0.29, 0.717) is 24.1 Å². The third kappa shape index (κ3) is 3.75. The molecule has 2 aromatic rings. The van der Waals surface area contributed by atoms with E-state index in [1.54, 1.807) is 0 Å². The summed E-state index contributed by atoms with van der Waals surface area (Å²) in [5, 5.41) is 17.0. The first-order valence-corrected chi connectivity index (χ1v) is 7.39. The van der Waals surface area contributed by atoms with E-state index in [2.05, 4.69) is 16.3 Å². The van der Waals surface area contributed by atoms with Crippen LogP contribution in [0, 0.1) is 11.3 Å². The highest BCUT2D eigenvalue weighted by atomic mass is 32.2. The van der Waals surface area contributed by atoms with Gasteiger partial charge in [-0.2, -0.15) is 5.26 Å². The Hall–Kier alpha value is -2.00. The number of thioether (sulfide) groups is 1. The summed E-state index contributed by atoms with van der Waals surface area (Å²) in [5.41, 5.74) is 0.797. The van der Waals surface area contributed by atoms with Crippen molar-refractivity contribution < 1.29 is 9.15 Å². The molecule has 0 saturated carbocycles. The Bertz CT molecular complexity index is 592. The number of hydrogen-bond donors (Lipinski definition) is 0. The van der Waals surface area contributed by atoms with E-state index in [0.717, 1.165) is 23.5 Å². The number of nitriles is 1. The lowest BCUT2D eigenvalue weighted by Gasteiger charge is -2.05. The molecule has 0 fully saturated rings. The van der Waals surface area contributed by atoms with Gasteiger partial charge in [0.1, 0.15) is 5.75 Å². The van der Waals surface area contributed by atoms with Crippen LogP contribution in [-0.4, -0.2) is 22.6 Å². The van der Waals surface area contributed by atoms with Crippen molar-refractivity contribution >= 4 is 11.8 Å². The molecule has 0 atom stereocenters. The van der Waals surface area contributed by atoms with Crippen LogP contribution in [0.2, 0.25) is 0 Å². The zero-order chi connectivity index (χ0) is 14.2. The summed E-state index contributed by atoms with van der Waals surface area (Å²) in [6.45, 7) is 2.52. The second kappa shape index (κ2) is 7.56. The van der Waals surface area contributed by atoms with Gasteiger partial charge in [-0.05, 0) is 25.5 Å². The van der Waals surface area contributed by atoms with Gasteiger partial charge in [0, 0.05) is 12.2 Å². The molecule has 0 amide bonds. The minimum absolute atomic E-state index is 0.455. The van der Waals surface area contributed by atoms with Crippen LogP contribution in [0.25, 0.3) is 11.5 Å². The second-order valence-electron chi connectivity index (χ2n) is 3.91. The second-order valence-corrected chi connectivity index (χ2v) is 4.96. The van der Waals surface area contributed by atoms with Crippen LogP contribution >= 0.6 is 11.8 Å². The van der Waals surface area contributed by atoms with Crippen molar-refractivity contribution in [3.63, 3.8) is 0 Å². The van der Waals surface area contributed by atoms with Crippen molar-refractivity contribution in [3.05, 3.63) is 24.3 Å². The number of aromatic nitrogens is 2. The molecule has 6 heteroatoms. The zero-order valence-electron chi connectivity index (χ0n) is 11.2. The number of benzene rings is 1. The molecular weight excluding hydrogens is 274 g/mol. The first-order chi connectivity index (χ1) is 9.85. The Morgan fingerprint density at radius 1 is 1.35 bits per heavy atom. The van der Waals surface area contributed by atoms with E-state index < -0.39 is 0 Å². The Morgan fingerprint density at radius 3 is 3.00 bits per heavy atom. The smallest absolute Gasteiger partial charge is 0.276 e. The summed E-state index contributed by atoms with van der Waals surface area (Å²) in [4.78, 5) is 0. The Balaban J connectivity index is 2.07. The van der Waals surface area contributed by atoms with Gasteiger partial charge in [-0.1, -0.05) is 23.9 Å². The molecule has 1 aromatic heterocycles. The molecule has 0 spiro atoms. The number of para-hydroxylation sites is 1. The zero-order valence-corrected chi connectivity index (χ0v) is 12.0. The van der Waals surface area contributed by atoms with Crippen LogP contribution in [0.15, 0.2) is 33.9 Å². The van der Waals surface area contributed by atoms with E-state index in [1.165, 1.54) is 11.8 Å². The molecule has 0 saturated heterocycles. The van der Waals surface area contributed by atoms with Crippen molar-refractivity contribution in [3.8, 4) is 23.3 Å². The average Bonchev–Trinajstić information content (AvgIpc) is 2.93. The van der Waals surface area contributed by atoms with Crippen molar-refractivity contribution in [2.24, 2.45) is 0 Å². The quantitative estimate of drug-likeness (QED) is 0.573. The van der Waals surface area contributed by atoms with Gasteiger partial charge in [0.2, 0.25) is 0 Å². The topological polar surface area (TPSA) is 71.9 Å². The molecule has 0 unspecified atom stereocenters. The van der Waals surface area contributed by atoms with Crippen molar-refractivity contribution in [1.82, 2.24) is 10.2 Å². The lowest BCUT2D eigenvalue weighted by Crippen LogP contribution is -1.93. The summed E-state index contributed by atoms with van der Waals surface area (Å²) >= 11 is 1.46. The third-order valence-corrected chi connectivity index (χ3v) is 3.39. The number of ether oxygens (including phenoxy) is 1. The normalized spacial score (nSPS) is 10.2. The van der Waals surface area contributed by atoms with E-state index in [-0.39, 0.29) is 0 Å². The number of nitrogens with zero attached hydrogens (tertiary/aromatic N) is 3. The fourth-order valence-corrected chi connectivity index (χ4v) is 2.31. The number of unbranched alkanes of at least 4 members (excludes halogenated alkanes) is 1. The highest BCUT2D eigenvalue weighted by Gasteiger charge is 2.13. The molecule has 2 rings (SSSR count). The molecule has 0 aliphatic heterocycles. The van der Waals surface area contributed by atoms with Gasteiger partial charge < -0.3 is 9.15 Å². The first-order valence-electron chi connectivity index (χ1n) is 6.40. The maximum atomic E-state index is 8.47. The maximum Gasteiger partial charge on any atom is 0.276 e. The Kier molecular flexibility index (Phi) is 5.44. The maximum absolute atomic E-state index is 8.47. The highest BCUT2D eigenvalue weighted by Crippen LogP contribution is 2.30. The minimum atomic E-state index is 0.455. The van der Waals surface area contributed by atoms with E-state index in [9.17, 15) is 0 Å². The number of hydrogen-bond acceptors (Lipinski definition) is 6. The monoisotopic (exact) mass is 289 g/mol. The summed E-state index contributed by atoms with van der Waals surface area (Å²) in [5.74, 6) is 1.99. The Labute approximate surface area is 122 Å². The van der Waals surface area contributed by atoms with Crippen LogP contribution in [0.3, 0.4) is 0 Å². The summed E-state index contributed by atoms with van der Waals surface area (Å²) in [6.07, 6.45) is 1.36. The van der Waals surface area contributed by atoms with Gasteiger partial charge in [-0.25, -0.2) is 0 Å². The molecule has 0 radical (unpaired) electrons. The van der Waals surface area contributed by atoms with Crippen LogP contribution < -0.4 is 4.74 Å². The highest BCUT2D eigenvalue weighted by molar-refractivity contribution is 7.99. The van der Waals surface area contributed by atoms with E-state index in [4.69, 9.17) is 14.4 Å². The van der Waals surface area contributed by atoms with Crippen LogP contribution in [0.4, 0.5) is 0 Å². The van der Waals surface area contributed by atoms with E-state index >= 15 is 0 Å². The molecule has 0 N–H and O–H groups in total. The van der Waals surface area contributed by atoms with Crippen LogP contribution in [0.5, 0.6) is 5.75 Å². The van der Waals surface area contributed by atoms with Gasteiger partial charge in [-0.15, -0.1) is 10.2 Å². The molecule has 0 aliphatic rings. The van der Waals surface area contributed by atoms with Crippen LogP contribution in [-0.2, 0) is 0 Å². The van der Waals surface area contributed by atoms with Crippen LogP contribution in [0.1, 0.15) is 19.8 Å². The van der Waals surface area contributed by atoms with Gasteiger partial charge in [0.25, 0.3) is 11.1 Å². The fourth-order valence-electron chi connectivity index (χ4n) is 1.61. The molecule has 1 heterocycles. The molecule has 0 bridgehead atoms. The van der Waals surface area contributed by atoms with Crippen molar-refractivity contribution in [1.29, 1.82) is 5.26 Å². The first kappa shape index (κ1) is 14.4. The molecule has 20 heavy (non-hydrogen) atoms. The lowest BCUT2D eigenvalue weighted by atomic mass is 10.2. The summed E-state index contributed by atoms with van der Waals surface area (Å²) < 4.78 is 11.2. The largest absolute Gasteiger partial charge is 0.493 e. The van der Waals surface area contributed by atoms with Gasteiger partial charge in [0.15, 0.2) is 0 Å². The van der Waals surface area contributed by atoms with Crippen molar-refractivity contribution in [2.45, 2.75) is 25.0 Å².